The van der Waals surface area contributed by atoms with Crippen molar-refractivity contribution in [3.63, 3.8) is 0 Å². The predicted octanol–water partition coefficient (Wildman–Crippen LogP) is 3.57. The van der Waals surface area contributed by atoms with E-state index in [0.29, 0.717) is 28.5 Å². The highest BCUT2D eigenvalue weighted by atomic mass is 35.5. The molecule has 0 saturated carbocycles. The molecule has 0 atom stereocenters. The summed E-state index contributed by atoms with van der Waals surface area (Å²) in [5.74, 6) is 0.678. The quantitative estimate of drug-likeness (QED) is 0.775. The van der Waals surface area contributed by atoms with E-state index < -0.39 is 0 Å². The maximum absolute atomic E-state index is 12.3. The van der Waals surface area contributed by atoms with Crippen LogP contribution in [0.4, 0.5) is 0 Å². The minimum atomic E-state index is -0.0214. The van der Waals surface area contributed by atoms with E-state index in [4.69, 9.17) is 16.3 Å². The number of benzene rings is 1. The molecule has 0 N–H and O–H groups in total. The highest BCUT2D eigenvalue weighted by Crippen LogP contribution is 2.34. The number of halogens is 1. The first-order chi connectivity index (χ1) is 8.25. The predicted molar refractivity (Wildman–Crippen MR) is 68.4 cm³/mol. The van der Waals surface area contributed by atoms with Gasteiger partial charge in [-0.2, -0.15) is 11.3 Å². The Morgan fingerprint density at radius 3 is 3.06 bits per heavy atom. The Morgan fingerprint density at radius 1 is 1.41 bits per heavy atom. The average molecular weight is 265 g/mol. The molecule has 2 nitrogen and oxygen atoms in total. The third-order valence-corrected chi connectivity index (χ3v) is 3.68. The summed E-state index contributed by atoms with van der Waals surface area (Å²) in [4.78, 5) is 12.3. The van der Waals surface area contributed by atoms with Gasteiger partial charge in [0.2, 0.25) is 0 Å². The van der Waals surface area contributed by atoms with Crippen molar-refractivity contribution in [2.24, 2.45) is 0 Å². The summed E-state index contributed by atoms with van der Waals surface area (Å²) in [5.41, 5.74) is 2.29. The zero-order valence-electron chi connectivity index (χ0n) is 8.90. The lowest BCUT2D eigenvalue weighted by Gasteiger charge is -2.07. The molecule has 4 heteroatoms. The normalized spacial score (nSPS) is 13.2. The van der Waals surface area contributed by atoms with Crippen LogP contribution in [0.15, 0.2) is 29.0 Å². The molecule has 0 bridgehead atoms. The number of fused-ring (bicyclic) bond motifs is 1. The van der Waals surface area contributed by atoms with Gasteiger partial charge in [0, 0.05) is 22.4 Å². The Morgan fingerprint density at radius 2 is 2.29 bits per heavy atom. The van der Waals surface area contributed by atoms with Crippen LogP contribution in [0.5, 0.6) is 5.75 Å². The van der Waals surface area contributed by atoms with Crippen LogP contribution in [-0.2, 0) is 6.42 Å². The topological polar surface area (TPSA) is 26.3 Å². The third kappa shape index (κ3) is 1.85. The first kappa shape index (κ1) is 10.8. The fourth-order valence-corrected chi connectivity index (χ4v) is 2.86. The van der Waals surface area contributed by atoms with E-state index in [0.717, 1.165) is 12.0 Å². The first-order valence-corrected chi connectivity index (χ1v) is 6.60. The van der Waals surface area contributed by atoms with Crippen LogP contribution in [-0.4, -0.2) is 12.4 Å². The zero-order valence-corrected chi connectivity index (χ0v) is 10.5. The summed E-state index contributed by atoms with van der Waals surface area (Å²) < 4.78 is 5.53. The van der Waals surface area contributed by atoms with E-state index in [-0.39, 0.29) is 5.78 Å². The summed E-state index contributed by atoms with van der Waals surface area (Å²) in [6.45, 7) is 0.625. The van der Waals surface area contributed by atoms with Crippen LogP contribution in [0.25, 0.3) is 0 Å². The number of ketones is 1. The number of carbonyl (C=O) groups is 1. The molecular formula is C13H9ClO2S. The number of carbonyl (C=O) groups excluding carboxylic acids is 1. The lowest BCUT2D eigenvalue weighted by Crippen LogP contribution is -2.02. The summed E-state index contributed by atoms with van der Waals surface area (Å²) in [5, 5.41) is 4.32. The van der Waals surface area contributed by atoms with Crippen molar-refractivity contribution >= 4 is 28.7 Å². The summed E-state index contributed by atoms with van der Waals surface area (Å²) >= 11 is 7.53. The lowest BCUT2D eigenvalue weighted by atomic mass is 10.0. The minimum absolute atomic E-state index is 0.0214. The van der Waals surface area contributed by atoms with E-state index in [1.165, 1.54) is 11.3 Å². The van der Waals surface area contributed by atoms with Crippen molar-refractivity contribution in [3.05, 3.63) is 50.7 Å². The van der Waals surface area contributed by atoms with Crippen LogP contribution < -0.4 is 4.74 Å². The van der Waals surface area contributed by atoms with Crippen LogP contribution >= 0.6 is 22.9 Å². The standard InChI is InChI=1S/C13H9ClO2S/c14-10-5-8-1-3-16-13(8)11(6-10)12(15)9-2-4-17-7-9/h2,4-7H,1,3H2. The van der Waals surface area contributed by atoms with Gasteiger partial charge in [-0.15, -0.1) is 0 Å². The van der Waals surface area contributed by atoms with Crippen molar-refractivity contribution < 1.29 is 9.53 Å². The maximum atomic E-state index is 12.3. The summed E-state index contributed by atoms with van der Waals surface area (Å²) in [6, 6.07) is 5.37. The molecule has 0 spiro atoms. The van der Waals surface area contributed by atoms with Gasteiger partial charge < -0.3 is 4.74 Å². The second-order valence-corrected chi connectivity index (χ2v) is 5.10. The molecule has 0 saturated heterocycles. The Labute approximate surface area is 108 Å². The molecule has 1 aromatic carbocycles. The molecule has 0 fully saturated rings. The van der Waals surface area contributed by atoms with Gasteiger partial charge in [-0.05, 0) is 29.1 Å². The summed E-state index contributed by atoms with van der Waals surface area (Å²) in [7, 11) is 0. The Kier molecular flexibility index (Phi) is 2.65. The molecule has 0 aliphatic carbocycles. The Balaban J connectivity index is 2.12. The molecule has 0 unspecified atom stereocenters. The van der Waals surface area contributed by atoms with Crippen molar-refractivity contribution in [1.82, 2.24) is 0 Å². The molecule has 2 aromatic rings. The van der Waals surface area contributed by atoms with Crippen molar-refractivity contribution in [3.8, 4) is 5.75 Å². The maximum Gasteiger partial charge on any atom is 0.197 e. The molecule has 0 amide bonds. The SMILES string of the molecule is O=C(c1ccsc1)c1cc(Cl)cc2c1OCC2. The summed E-state index contributed by atoms with van der Waals surface area (Å²) in [6.07, 6.45) is 0.819. The largest absolute Gasteiger partial charge is 0.492 e. The number of hydrogen-bond acceptors (Lipinski definition) is 3. The van der Waals surface area contributed by atoms with E-state index >= 15 is 0 Å². The van der Waals surface area contributed by atoms with Gasteiger partial charge in [0.05, 0.1) is 12.2 Å². The van der Waals surface area contributed by atoms with Gasteiger partial charge in [0.25, 0.3) is 0 Å². The highest BCUT2D eigenvalue weighted by molar-refractivity contribution is 7.08. The van der Waals surface area contributed by atoms with Gasteiger partial charge in [0.15, 0.2) is 5.78 Å². The highest BCUT2D eigenvalue weighted by Gasteiger charge is 2.22. The van der Waals surface area contributed by atoms with Crippen molar-refractivity contribution in [2.45, 2.75) is 6.42 Å². The molecule has 3 rings (SSSR count). The van der Waals surface area contributed by atoms with Gasteiger partial charge in [-0.25, -0.2) is 0 Å². The molecule has 1 aliphatic heterocycles. The van der Waals surface area contributed by atoms with Gasteiger partial charge >= 0.3 is 0 Å². The van der Waals surface area contributed by atoms with Gasteiger partial charge in [0.1, 0.15) is 5.75 Å². The van der Waals surface area contributed by atoms with Crippen LogP contribution in [0, 0.1) is 0 Å². The monoisotopic (exact) mass is 264 g/mol. The van der Waals surface area contributed by atoms with E-state index in [1.807, 2.05) is 22.9 Å². The number of hydrogen-bond donors (Lipinski definition) is 0. The lowest BCUT2D eigenvalue weighted by molar-refractivity contribution is 0.103. The number of ether oxygens (including phenoxy) is 1. The molecule has 2 heterocycles. The van der Waals surface area contributed by atoms with Crippen molar-refractivity contribution in [2.75, 3.05) is 6.61 Å². The zero-order chi connectivity index (χ0) is 11.8. The minimum Gasteiger partial charge on any atom is -0.492 e. The van der Waals surface area contributed by atoms with Gasteiger partial charge in [-0.3, -0.25) is 4.79 Å². The fraction of sp³-hybridized carbons (Fsp3) is 0.154. The van der Waals surface area contributed by atoms with Crippen LogP contribution in [0.2, 0.25) is 5.02 Å². The second-order valence-electron chi connectivity index (χ2n) is 3.88. The molecule has 1 aliphatic rings. The Hall–Kier alpha value is -1.32. The third-order valence-electron chi connectivity index (χ3n) is 2.78. The number of thiophene rings is 1. The molecule has 86 valence electrons. The smallest absolute Gasteiger partial charge is 0.197 e. The molecular weight excluding hydrogens is 256 g/mol. The Bertz CT molecular complexity index is 575. The number of rotatable bonds is 2. The first-order valence-electron chi connectivity index (χ1n) is 5.28. The van der Waals surface area contributed by atoms with Gasteiger partial charge in [-0.1, -0.05) is 11.6 Å². The van der Waals surface area contributed by atoms with Crippen molar-refractivity contribution in [1.29, 1.82) is 0 Å². The molecule has 0 radical (unpaired) electrons. The van der Waals surface area contributed by atoms with E-state index in [2.05, 4.69) is 0 Å². The van der Waals surface area contributed by atoms with Crippen LogP contribution in [0.3, 0.4) is 0 Å². The molecule has 17 heavy (non-hydrogen) atoms. The average Bonchev–Trinajstić information content (AvgIpc) is 2.97. The van der Waals surface area contributed by atoms with E-state index in [1.54, 1.807) is 6.07 Å². The fourth-order valence-electron chi connectivity index (χ4n) is 1.99. The van der Waals surface area contributed by atoms with Crippen LogP contribution in [0.1, 0.15) is 21.5 Å². The molecule has 1 aromatic heterocycles. The van der Waals surface area contributed by atoms with E-state index in [9.17, 15) is 4.79 Å². The second kappa shape index (κ2) is 4.17.